The van der Waals surface area contributed by atoms with E-state index in [-0.39, 0.29) is 0 Å². The Morgan fingerprint density at radius 2 is 1.70 bits per heavy atom. The van der Waals surface area contributed by atoms with E-state index in [1.165, 1.54) is 22.3 Å². The number of hydrogen-bond acceptors (Lipinski definition) is 0. The van der Waals surface area contributed by atoms with Crippen molar-refractivity contribution in [2.24, 2.45) is 0 Å². The van der Waals surface area contributed by atoms with Crippen LogP contribution in [-0.2, 0) is 0 Å². The second kappa shape index (κ2) is 1.72. The molecule has 1 aliphatic carbocycles. The van der Waals surface area contributed by atoms with Gasteiger partial charge in [0.25, 0.3) is 0 Å². The Bertz CT molecular complexity index is 275. The summed E-state index contributed by atoms with van der Waals surface area (Å²) in [7, 11) is 0. The van der Waals surface area contributed by atoms with Crippen LogP contribution in [0.4, 0.5) is 0 Å². The third-order valence-corrected chi connectivity index (χ3v) is 2.11. The van der Waals surface area contributed by atoms with Crippen LogP contribution < -0.4 is 0 Å². The Hall–Kier alpha value is -1.04. The molecule has 1 aromatic carbocycles. The Balaban J connectivity index is 2.62. The van der Waals surface area contributed by atoms with Gasteiger partial charge in [0.15, 0.2) is 0 Å². The summed E-state index contributed by atoms with van der Waals surface area (Å²) in [5.41, 5.74) is 5.23. The van der Waals surface area contributed by atoms with Crippen LogP contribution in [0.15, 0.2) is 24.3 Å². The lowest BCUT2D eigenvalue weighted by Crippen LogP contribution is -2.00. The summed E-state index contributed by atoms with van der Waals surface area (Å²) in [6.45, 7) is 6.06. The summed E-state index contributed by atoms with van der Waals surface area (Å²) in [4.78, 5) is 0. The Labute approximate surface area is 61.2 Å². The first-order valence-corrected chi connectivity index (χ1v) is 3.43. The SMILES string of the molecule is [CH2]C1=C(C)c2ccccc21. The summed E-state index contributed by atoms with van der Waals surface area (Å²) in [6, 6.07) is 8.37. The lowest BCUT2D eigenvalue weighted by molar-refractivity contribution is 1.45. The van der Waals surface area contributed by atoms with E-state index in [0.717, 1.165) is 0 Å². The first-order chi connectivity index (χ1) is 4.80. The molecule has 49 valence electrons. The zero-order chi connectivity index (χ0) is 7.14. The second-order valence-electron chi connectivity index (χ2n) is 2.65. The van der Waals surface area contributed by atoms with E-state index in [1.54, 1.807) is 0 Å². The maximum Gasteiger partial charge on any atom is -0.0146 e. The van der Waals surface area contributed by atoms with Crippen LogP contribution in [0.5, 0.6) is 0 Å². The standard InChI is InChI=1S/C10H9/c1-7-8(2)10-6-4-3-5-9(7)10/h3-6H,1H2,2H3. The van der Waals surface area contributed by atoms with Crippen molar-refractivity contribution < 1.29 is 0 Å². The molecule has 0 heterocycles. The second-order valence-corrected chi connectivity index (χ2v) is 2.65. The summed E-state index contributed by atoms with van der Waals surface area (Å²) < 4.78 is 0. The Kier molecular flexibility index (Phi) is 0.986. The highest BCUT2D eigenvalue weighted by Gasteiger charge is 2.16. The average Bonchev–Trinajstić information content (AvgIpc) is 2.03. The van der Waals surface area contributed by atoms with Crippen molar-refractivity contribution in [3.8, 4) is 0 Å². The first-order valence-electron chi connectivity index (χ1n) is 3.43. The van der Waals surface area contributed by atoms with Crippen molar-refractivity contribution in [1.82, 2.24) is 0 Å². The molecule has 0 unspecified atom stereocenters. The van der Waals surface area contributed by atoms with Gasteiger partial charge in [0.1, 0.15) is 0 Å². The minimum absolute atomic E-state index is 1.20. The molecule has 0 saturated heterocycles. The van der Waals surface area contributed by atoms with E-state index in [0.29, 0.717) is 0 Å². The third kappa shape index (κ3) is 0.513. The molecule has 1 aromatic rings. The van der Waals surface area contributed by atoms with Crippen molar-refractivity contribution in [2.45, 2.75) is 6.92 Å². The van der Waals surface area contributed by atoms with Crippen molar-refractivity contribution in [3.05, 3.63) is 42.3 Å². The summed E-state index contributed by atoms with van der Waals surface area (Å²) in [6.07, 6.45) is 0. The quantitative estimate of drug-likeness (QED) is 0.505. The van der Waals surface area contributed by atoms with Crippen LogP contribution in [0.25, 0.3) is 11.1 Å². The van der Waals surface area contributed by atoms with Crippen LogP contribution in [0, 0.1) is 6.92 Å². The summed E-state index contributed by atoms with van der Waals surface area (Å²) >= 11 is 0. The van der Waals surface area contributed by atoms with Crippen LogP contribution >= 0.6 is 0 Å². The molecule has 0 bridgehead atoms. The summed E-state index contributed by atoms with van der Waals surface area (Å²) in [5, 5.41) is 0. The Morgan fingerprint density at radius 3 is 2.30 bits per heavy atom. The smallest absolute Gasteiger partial charge is 0.0146 e. The number of allylic oxidation sites excluding steroid dienone is 2. The van der Waals surface area contributed by atoms with Crippen molar-refractivity contribution in [2.75, 3.05) is 0 Å². The summed E-state index contributed by atoms with van der Waals surface area (Å²) in [5.74, 6) is 0. The maximum absolute atomic E-state index is 3.95. The molecule has 0 N–H and O–H groups in total. The highest BCUT2D eigenvalue weighted by Crippen LogP contribution is 2.38. The molecule has 10 heavy (non-hydrogen) atoms. The molecular weight excluding hydrogens is 120 g/mol. The predicted molar refractivity (Wildman–Crippen MR) is 44.3 cm³/mol. The van der Waals surface area contributed by atoms with E-state index in [9.17, 15) is 0 Å². The molecule has 0 amide bonds. The van der Waals surface area contributed by atoms with Crippen LogP contribution in [0.1, 0.15) is 18.1 Å². The molecule has 1 aliphatic rings. The fraction of sp³-hybridized carbons (Fsp3) is 0.100. The maximum atomic E-state index is 3.95. The minimum Gasteiger partial charge on any atom is -0.0616 e. The van der Waals surface area contributed by atoms with Gasteiger partial charge < -0.3 is 0 Å². The highest BCUT2D eigenvalue weighted by atomic mass is 14.2. The van der Waals surface area contributed by atoms with Crippen LogP contribution in [0.2, 0.25) is 0 Å². The van der Waals surface area contributed by atoms with Gasteiger partial charge in [-0.15, -0.1) is 0 Å². The van der Waals surface area contributed by atoms with Gasteiger partial charge in [-0.25, -0.2) is 0 Å². The zero-order valence-corrected chi connectivity index (χ0v) is 6.02. The highest BCUT2D eigenvalue weighted by molar-refractivity contribution is 6.04. The minimum atomic E-state index is 1.20. The normalized spacial score (nSPS) is 14.6. The van der Waals surface area contributed by atoms with Gasteiger partial charge in [-0.05, 0) is 36.1 Å². The van der Waals surface area contributed by atoms with E-state index >= 15 is 0 Å². The van der Waals surface area contributed by atoms with E-state index in [2.05, 4.69) is 38.1 Å². The van der Waals surface area contributed by atoms with Gasteiger partial charge in [0.2, 0.25) is 0 Å². The number of rotatable bonds is 0. The molecule has 0 spiro atoms. The third-order valence-electron chi connectivity index (χ3n) is 2.11. The van der Waals surface area contributed by atoms with E-state index < -0.39 is 0 Å². The van der Waals surface area contributed by atoms with Gasteiger partial charge in [-0.2, -0.15) is 0 Å². The monoisotopic (exact) mass is 129 g/mol. The van der Waals surface area contributed by atoms with Gasteiger partial charge >= 0.3 is 0 Å². The molecule has 1 radical (unpaired) electrons. The number of fused-ring (bicyclic) bond motifs is 1. The lowest BCUT2D eigenvalue weighted by atomic mass is 9.83. The molecule has 0 heteroatoms. The van der Waals surface area contributed by atoms with E-state index in [4.69, 9.17) is 0 Å². The average molecular weight is 129 g/mol. The molecule has 0 fully saturated rings. The molecule has 0 nitrogen and oxygen atoms in total. The van der Waals surface area contributed by atoms with Crippen molar-refractivity contribution in [1.29, 1.82) is 0 Å². The zero-order valence-electron chi connectivity index (χ0n) is 6.02. The van der Waals surface area contributed by atoms with Gasteiger partial charge in [0, 0.05) is 0 Å². The molecule has 0 aliphatic heterocycles. The largest absolute Gasteiger partial charge is 0.0616 e. The van der Waals surface area contributed by atoms with Gasteiger partial charge in [-0.1, -0.05) is 24.3 Å². The van der Waals surface area contributed by atoms with Crippen LogP contribution in [0.3, 0.4) is 0 Å². The van der Waals surface area contributed by atoms with Gasteiger partial charge in [0.05, 0.1) is 0 Å². The number of hydrogen-bond donors (Lipinski definition) is 0. The molecule has 2 rings (SSSR count). The van der Waals surface area contributed by atoms with Crippen molar-refractivity contribution in [3.63, 3.8) is 0 Å². The molecule has 0 atom stereocenters. The first kappa shape index (κ1) is 5.72. The topological polar surface area (TPSA) is 0 Å². The molecule has 0 saturated carbocycles. The molecule has 0 aromatic heterocycles. The number of benzene rings is 1. The Morgan fingerprint density at radius 1 is 1.10 bits per heavy atom. The lowest BCUT2D eigenvalue weighted by Gasteiger charge is -2.22. The van der Waals surface area contributed by atoms with Gasteiger partial charge in [-0.3, -0.25) is 0 Å². The van der Waals surface area contributed by atoms with Crippen LogP contribution in [-0.4, -0.2) is 0 Å². The fourth-order valence-electron chi connectivity index (χ4n) is 1.38. The molecular formula is C10H9. The predicted octanol–water partition coefficient (Wildman–Crippen LogP) is 2.76. The van der Waals surface area contributed by atoms with E-state index in [1.807, 2.05) is 0 Å². The fourth-order valence-corrected chi connectivity index (χ4v) is 1.38. The van der Waals surface area contributed by atoms with Crippen molar-refractivity contribution >= 4 is 11.1 Å².